The zero-order valence-electron chi connectivity index (χ0n) is 22.1. The molecule has 11 heteroatoms. The lowest BCUT2D eigenvalue weighted by molar-refractivity contribution is -0.384. The van der Waals surface area contributed by atoms with Crippen molar-refractivity contribution in [1.29, 1.82) is 0 Å². The Balaban J connectivity index is 1.46. The van der Waals surface area contributed by atoms with E-state index in [4.69, 9.17) is 21.1 Å². The Morgan fingerprint density at radius 3 is 2.49 bits per heavy atom. The van der Waals surface area contributed by atoms with Gasteiger partial charge in [-0.25, -0.2) is 4.79 Å². The third kappa shape index (κ3) is 6.46. The summed E-state index contributed by atoms with van der Waals surface area (Å²) in [6, 6.07) is 13.7. The molecule has 1 fully saturated rings. The number of nitrogens with zero attached hydrogens (tertiary/aromatic N) is 4. The van der Waals surface area contributed by atoms with E-state index >= 15 is 0 Å². The van der Waals surface area contributed by atoms with Gasteiger partial charge in [0.2, 0.25) is 0 Å². The van der Waals surface area contributed by atoms with E-state index in [0.29, 0.717) is 28.5 Å². The Bertz CT molecular complexity index is 1320. The number of allylic oxidation sites excluding steroid dienone is 1. The van der Waals surface area contributed by atoms with Crippen LogP contribution in [0.15, 0.2) is 64.8 Å². The van der Waals surface area contributed by atoms with Crippen LogP contribution < -0.4 is 4.90 Å². The topological polar surface area (TPSA) is 115 Å². The molecule has 4 rings (SSSR count). The summed E-state index contributed by atoms with van der Waals surface area (Å²) in [5.74, 6) is -2.93. The highest BCUT2D eigenvalue weighted by Gasteiger charge is 2.42. The number of rotatable bonds is 8. The fourth-order valence-electron chi connectivity index (χ4n) is 5.17. The van der Waals surface area contributed by atoms with Crippen molar-refractivity contribution in [1.82, 2.24) is 4.90 Å². The van der Waals surface area contributed by atoms with Gasteiger partial charge in [0.15, 0.2) is 0 Å². The van der Waals surface area contributed by atoms with Crippen LogP contribution in [0.3, 0.4) is 0 Å². The number of anilines is 1. The van der Waals surface area contributed by atoms with E-state index in [2.05, 4.69) is 14.8 Å². The van der Waals surface area contributed by atoms with Gasteiger partial charge in [-0.15, -0.1) is 0 Å². The molecule has 0 bridgehead atoms. The maximum atomic E-state index is 13.4. The number of halogens is 1. The molecule has 0 aromatic heterocycles. The molecule has 0 amide bonds. The molecule has 2 heterocycles. The maximum absolute atomic E-state index is 13.4. The summed E-state index contributed by atoms with van der Waals surface area (Å²) in [5.41, 5.74) is 2.45. The van der Waals surface area contributed by atoms with Crippen LogP contribution in [-0.2, 0) is 19.1 Å². The standard InChI is InChI=1S/C28H31ClN4O6/c1-18-24(27(34)38-3)26(20-6-4-9-23(16-20)33(36)37)25(19(2)30-18)28(35)39-15-14-31-10-12-32(13-11-31)22-8-5-7-21(29)17-22/h4-9,16-17,24,26H,10-15H2,1-3H3. The summed E-state index contributed by atoms with van der Waals surface area (Å²) < 4.78 is 10.7. The fraction of sp³-hybridized carbons (Fsp3) is 0.393. The molecule has 39 heavy (non-hydrogen) atoms. The van der Waals surface area contributed by atoms with Crippen LogP contribution in [0.4, 0.5) is 11.4 Å². The SMILES string of the molecule is COC(=O)C1C(C)=NC(C)=C(C(=O)OCCN2CCN(c3cccc(Cl)c3)CC2)C1c1cccc([N+](=O)[O-])c1. The van der Waals surface area contributed by atoms with Gasteiger partial charge in [0.05, 0.1) is 17.6 Å². The third-order valence-corrected chi connectivity index (χ3v) is 7.36. The highest BCUT2D eigenvalue weighted by Crippen LogP contribution is 2.41. The normalized spacial score (nSPS) is 19.9. The van der Waals surface area contributed by atoms with Crippen LogP contribution in [0.25, 0.3) is 0 Å². The second-order valence-electron chi connectivity index (χ2n) is 9.53. The van der Waals surface area contributed by atoms with Crippen molar-refractivity contribution >= 4 is 40.6 Å². The first-order chi connectivity index (χ1) is 18.7. The first-order valence-corrected chi connectivity index (χ1v) is 13.1. The van der Waals surface area contributed by atoms with Gasteiger partial charge in [0.1, 0.15) is 12.5 Å². The maximum Gasteiger partial charge on any atom is 0.336 e. The molecule has 0 saturated carbocycles. The number of benzene rings is 2. The molecular weight excluding hydrogens is 524 g/mol. The smallest absolute Gasteiger partial charge is 0.336 e. The molecule has 206 valence electrons. The van der Waals surface area contributed by atoms with Crippen LogP contribution in [-0.4, -0.2) is 73.9 Å². The molecule has 2 aromatic rings. The van der Waals surface area contributed by atoms with Crippen molar-refractivity contribution < 1.29 is 24.0 Å². The second kappa shape index (κ2) is 12.4. The van der Waals surface area contributed by atoms with Gasteiger partial charge in [-0.05, 0) is 37.6 Å². The Hall–Kier alpha value is -3.76. The van der Waals surface area contributed by atoms with Crippen molar-refractivity contribution in [2.75, 3.05) is 51.3 Å². The van der Waals surface area contributed by atoms with Crippen LogP contribution >= 0.6 is 11.6 Å². The number of hydrogen-bond donors (Lipinski definition) is 0. The molecule has 2 atom stereocenters. The van der Waals surface area contributed by atoms with E-state index in [1.54, 1.807) is 19.9 Å². The number of nitro benzene ring substituents is 1. The number of nitro groups is 1. The van der Waals surface area contributed by atoms with Crippen LogP contribution in [0, 0.1) is 16.0 Å². The van der Waals surface area contributed by atoms with Gasteiger partial charge in [0.25, 0.3) is 5.69 Å². The van der Waals surface area contributed by atoms with Crippen molar-refractivity contribution in [3.8, 4) is 0 Å². The van der Waals surface area contributed by atoms with Gasteiger partial charge in [-0.1, -0.05) is 29.8 Å². The Labute approximate surface area is 232 Å². The van der Waals surface area contributed by atoms with E-state index in [9.17, 15) is 19.7 Å². The quantitative estimate of drug-likeness (QED) is 0.270. The zero-order valence-corrected chi connectivity index (χ0v) is 22.9. The number of aliphatic imine (C=N–C) groups is 1. The summed E-state index contributed by atoms with van der Waals surface area (Å²) in [4.78, 5) is 46.1. The van der Waals surface area contributed by atoms with Crippen molar-refractivity contribution in [2.24, 2.45) is 10.9 Å². The lowest BCUT2D eigenvalue weighted by atomic mass is 9.75. The number of ether oxygens (including phenoxy) is 2. The largest absolute Gasteiger partial charge is 0.468 e. The molecule has 10 nitrogen and oxygen atoms in total. The van der Waals surface area contributed by atoms with E-state index in [1.807, 2.05) is 24.3 Å². The van der Waals surface area contributed by atoms with Crippen LogP contribution in [0.2, 0.25) is 5.02 Å². The van der Waals surface area contributed by atoms with E-state index in [-0.39, 0.29) is 17.9 Å². The average molecular weight is 555 g/mol. The van der Waals surface area contributed by atoms with Gasteiger partial charge in [-0.2, -0.15) is 0 Å². The van der Waals surface area contributed by atoms with E-state index < -0.39 is 28.7 Å². The molecule has 0 aliphatic carbocycles. The minimum absolute atomic E-state index is 0.140. The first-order valence-electron chi connectivity index (χ1n) is 12.7. The van der Waals surface area contributed by atoms with Gasteiger partial charge >= 0.3 is 11.9 Å². The molecule has 2 unspecified atom stereocenters. The predicted molar refractivity (Wildman–Crippen MR) is 148 cm³/mol. The average Bonchev–Trinajstić information content (AvgIpc) is 2.92. The molecule has 0 spiro atoms. The van der Waals surface area contributed by atoms with E-state index in [1.165, 1.54) is 25.3 Å². The van der Waals surface area contributed by atoms with Gasteiger partial charge in [0, 0.05) is 72.9 Å². The number of carbonyl (C=O) groups excluding carboxylic acids is 2. The molecule has 2 aliphatic rings. The van der Waals surface area contributed by atoms with Gasteiger partial charge in [-0.3, -0.25) is 24.8 Å². The summed E-state index contributed by atoms with van der Waals surface area (Å²) in [6.45, 7) is 7.30. The second-order valence-corrected chi connectivity index (χ2v) is 9.96. The van der Waals surface area contributed by atoms with Crippen LogP contribution in [0.1, 0.15) is 25.3 Å². The van der Waals surface area contributed by atoms with Crippen LogP contribution in [0.5, 0.6) is 0 Å². The number of esters is 2. The minimum Gasteiger partial charge on any atom is -0.468 e. The summed E-state index contributed by atoms with van der Waals surface area (Å²) in [6.07, 6.45) is 0. The molecule has 1 saturated heterocycles. The monoisotopic (exact) mass is 554 g/mol. The molecule has 0 N–H and O–H groups in total. The summed E-state index contributed by atoms with van der Waals surface area (Å²) >= 11 is 6.13. The number of piperazine rings is 1. The molecule has 2 aliphatic heterocycles. The Morgan fingerprint density at radius 1 is 1.10 bits per heavy atom. The minimum atomic E-state index is -0.914. The first kappa shape index (κ1) is 28.3. The summed E-state index contributed by atoms with van der Waals surface area (Å²) in [5, 5.41) is 12.1. The fourth-order valence-corrected chi connectivity index (χ4v) is 5.36. The predicted octanol–water partition coefficient (Wildman–Crippen LogP) is 4.23. The number of methoxy groups -OCH3 is 1. The Kier molecular flexibility index (Phi) is 8.98. The van der Waals surface area contributed by atoms with Gasteiger partial charge < -0.3 is 14.4 Å². The summed E-state index contributed by atoms with van der Waals surface area (Å²) in [7, 11) is 1.26. The molecule has 0 radical (unpaired) electrons. The highest BCUT2D eigenvalue weighted by molar-refractivity contribution is 6.30. The highest BCUT2D eigenvalue weighted by atomic mass is 35.5. The lowest BCUT2D eigenvalue weighted by Crippen LogP contribution is -2.47. The van der Waals surface area contributed by atoms with Crippen molar-refractivity contribution in [2.45, 2.75) is 19.8 Å². The molecule has 2 aromatic carbocycles. The van der Waals surface area contributed by atoms with Crippen molar-refractivity contribution in [3.05, 3.63) is 80.5 Å². The number of carbonyl (C=O) groups is 2. The van der Waals surface area contributed by atoms with Crippen molar-refractivity contribution in [3.63, 3.8) is 0 Å². The van der Waals surface area contributed by atoms with E-state index in [0.717, 1.165) is 31.9 Å². The number of hydrogen-bond acceptors (Lipinski definition) is 9. The third-order valence-electron chi connectivity index (χ3n) is 7.13. The number of non-ortho nitro benzene ring substituents is 1. The zero-order chi connectivity index (χ0) is 28.1. The lowest BCUT2D eigenvalue weighted by Gasteiger charge is -2.36. The molecular formula is C28H31ClN4O6. The Morgan fingerprint density at radius 2 is 1.82 bits per heavy atom.